The molecule has 0 saturated carbocycles. The summed E-state index contributed by atoms with van der Waals surface area (Å²) in [6, 6.07) is 0. The van der Waals surface area contributed by atoms with Gasteiger partial charge in [-0.05, 0) is 37.7 Å². The number of allylic oxidation sites excluding steroid dienone is 2. The van der Waals surface area contributed by atoms with Crippen molar-refractivity contribution in [1.29, 1.82) is 0 Å². The summed E-state index contributed by atoms with van der Waals surface area (Å²) in [5.74, 6) is 0.438. The molecule has 0 aromatic heterocycles. The highest BCUT2D eigenvalue weighted by Crippen LogP contribution is 2.20. The van der Waals surface area contributed by atoms with E-state index in [1.807, 2.05) is 0 Å². The van der Waals surface area contributed by atoms with Crippen molar-refractivity contribution in [2.45, 2.75) is 96.8 Å². The topological polar surface area (TPSA) is 17.1 Å². The summed E-state index contributed by atoms with van der Waals surface area (Å²) >= 11 is 0. The molecule has 0 aliphatic heterocycles. The van der Waals surface area contributed by atoms with E-state index in [2.05, 4.69) is 13.0 Å². The van der Waals surface area contributed by atoms with Gasteiger partial charge in [0.05, 0.1) is 0 Å². The smallest absolute Gasteiger partial charge is 0.158 e. The number of carbonyl (C=O) groups is 1. The van der Waals surface area contributed by atoms with Crippen molar-refractivity contribution < 1.29 is 4.79 Å². The summed E-state index contributed by atoms with van der Waals surface area (Å²) in [7, 11) is 0. The van der Waals surface area contributed by atoms with Gasteiger partial charge in [-0.1, -0.05) is 64.4 Å². The second-order valence-electron chi connectivity index (χ2n) is 5.98. The van der Waals surface area contributed by atoms with Crippen LogP contribution in [0.4, 0.5) is 0 Å². The summed E-state index contributed by atoms with van der Waals surface area (Å²) in [6.07, 6.45) is 19.4. The van der Waals surface area contributed by atoms with Crippen LogP contribution >= 0.6 is 0 Å². The molecule has 0 bridgehead atoms. The molecule has 110 valence electrons. The quantitative estimate of drug-likeness (QED) is 0.444. The number of Topliss-reactive ketones (excluding diaryl/α,β-unsaturated/α-hetero) is 1. The van der Waals surface area contributed by atoms with Crippen molar-refractivity contribution in [2.24, 2.45) is 0 Å². The molecule has 0 atom stereocenters. The van der Waals surface area contributed by atoms with Crippen LogP contribution < -0.4 is 0 Å². The number of rotatable bonds is 10. The molecule has 1 aliphatic rings. The summed E-state index contributed by atoms with van der Waals surface area (Å²) in [6.45, 7) is 2.26. The van der Waals surface area contributed by atoms with E-state index in [0.717, 1.165) is 31.3 Å². The SMILES string of the molecule is CCCCCCCCCCC(=O)C1=CCCCCC1. The maximum atomic E-state index is 12.1. The van der Waals surface area contributed by atoms with Crippen LogP contribution in [0.2, 0.25) is 0 Å². The zero-order valence-corrected chi connectivity index (χ0v) is 12.9. The highest BCUT2D eigenvalue weighted by molar-refractivity contribution is 5.95. The molecule has 1 rings (SSSR count). The van der Waals surface area contributed by atoms with E-state index in [1.165, 1.54) is 64.2 Å². The number of ketones is 1. The Morgan fingerprint density at radius 2 is 1.63 bits per heavy atom. The first kappa shape index (κ1) is 16.5. The Balaban J connectivity index is 1.99. The van der Waals surface area contributed by atoms with Crippen molar-refractivity contribution in [3.63, 3.8) is 0 Å². The largest absolute Gasteiger partial charge is 0.295 e. The van der Waals surface area contributed by atoms with Gasteiger partial charge in [-0.3, -0.25) is 4.79 Å². The number of hydrogen-bond acceptors (Lipinski definition) is 1. The van der Waals surface area contributed by atoms with E-state index < -0.39 is 0 Å². The van der Waals surface area contributed by atoms with Gasteiger partial charge in [-0.2, -0.15) is 0 Å². The minimum Gasteiger partial charge on any atom is -0.295 e. The van der Waals surface area contributed by atoms with Crippen molar-refractivity contribution in [3.8, 4) is 0 Å². The fourth-order valence-corrected chi connectivity index (χ4v) is 2.85. The minimum absolute atomic E-state index is 0.438. The van der Waals surface area contributed by atoms with Gasteiger partial charge in [0.15, 0.2) is 5.78 Å². The van der Waals surface area contributed by atoms with Crippen molar-refractivity contribution in [2.75, 3.05) is 0 Å². The summed E-state index contributed by atoms with van der Waals surface area (Å²) in [4.78, 5) is 12.1. The van der Waals surface area contributed by atoms with Gasteiger partial charge >= 0.3 is 0 Å². The Hall–Kier alpha value is -0.590. The van der Waals surface area contributed by atoms with Gasteiger partial charge in [0.25, 0.3) is 0 Å². The van der Waals surface area contributed by atoms with Crippen LogP contribution in [0.25, 0.3) is 0 Å². The molecule has 0 aromatic rings. The first-order valence-corrected chi connectivity index (χ1v) is 8.57. The maximum absolute atomic E-state index is 12.1. The zero-order valence-electron chi connectivity index (χ0n) is 12.9. The normalized spacial score (nSPS) is 15.9. The van der Waals surface area contributed by atoms with Gasteiger partial charge in [0.1, 0.15) is 0 Å². The van der Waals surface area contributed by atoms with E-state index in [1.54, 1.807) is 0 Å². The number of carbonyl (C=O) groups excluding carboxylic acids is 1. The molecule has 1 heteroatoms. The lowest BCUT2D eigenvalue weighted by Gasteiger charge is -2.05. The van der Waals surface area contributed by atoms with Crippen LogP contribution in [0.15, 0.2) is 11.6 Å². The van der Waals surface area contributed by atoms with E-state index in [4.69, 9.17) is 0 Å². The molecule has 0 unspecified atom stereocenters. The minimum atomic E-state index is 0.438. The van der Waals surface area contributed by atoms with Gasteiger partial charge in [0.2, 0.25) is 0 Å². The van der Waals surface area contributed by atoms with Crippen LogP contribution in [0.1, 0.15) is 96.8 Å². The lowest BCUT2D eigenvalue weighted by molar-refractivity contribution is -0.115. The lowest BCUT2D eigenvalue weighted by Crippen LogP contribution is -2.02. The molecular weight excluding hydrogens is 232 g/mol. The number of unbranched alkanes of at least 4 members (excludes halogenated alkanes) is 7. The highest BCUT2D eigenvalue weighted by atomic mass is 16.1. The third-order valence-corrected chi connectivity index (χ3v) is 4.16. The second-order valence-corrected chi connectivity index (χ2v) is 5.98. The molecule has 19 heavy (non-hydrogen) atoms. The first-order valence-electron chi connectivity index (χ1n) is 8.57. The van der Waals surface area contributed by atoms with Crippen LogP contribution in [0, 0.1) is 0 Å². The van der Waals surface area contributed by atoms with E-state index >= 15 is 0 Å². The zero-order chi connectivity index (χ0) is 13.8. The summed E-state index contributed by atoms with van der Waals surface area (Å²) < 4.78 is 0. The van der Waals surface area contributed by atoms with E-state index in [-0.39, 0.29) is 0 Å². The predicted molar refractivity (Wildman–Crippen MR) is 83.4 cm³/mol. The number of hydrogen-bond donors (Lipinski definition) is 0. The van der Waals surface area contributed by atoms with Crippen LogP contribution in [-0.2, 0) is 4.79 Å². The standard InChI is InChI=1S/C18H32O/c1-2-3-4-5-6-7-8-13-16-18(19)17-14-11-9-10-12-15-17/h14H,2-13,15-16H2,1H3. The molecule has 0 aromatic carbocycles. The van der Waals surface area contributed by atoms with E-state index in [9.17, 15) is 4.79 Å². The van der Waals surface area contributed by atoms with Crippen molar-refractivity contribution >= 4 is 5.78 Å². The Morgan fingerprint density at radius 1 is 0.947 bits per heavy atom. The fraction of sp³-hybridized carbons (Fsp3) is 0.833. The first-order chi connectivity index (χ1) is 9.34. The lowest BCUT2D eigenvalue weighted by atomic mass is 10.00. The monoisotopic (exact) mass is 264 g/mol. The van der Waals surface area contributed by atoms with Crippen molar-refractivity contribution in [1.82, 2.24) is 0 Å². The average molecular weight is 264 g/mol. The molecule has 1 nitrogen and oxygen atoms in total. The van der Waals surface area contributed by atoms with Gasteiger partial charge in [-0.25, -0.2) is 0 Å². The molecule has 0 amide bonds. The molecule has 0 spiro atoms. The van der Waals surface area contributed by atoms with Gasteiger partial charge in [0, 0.05) is 6.42 Å². The summed E-state index contributed by atoms with van der Waals surface area (Å²) in [5, 5.41) is 0. The Bertz CT molecular complexity index is 265. The second kappa shape index (κ2) is 11.3. The Kier molecular flexibility index (Phi) is 9.75. The highest BCUT2D eigenvalue weighted by Gasteiger charge is 2.10. The van der Waals surface area contributed by atoms with Crippen molar-refractivity contribution in [3.05, 3.63) is 11.6 Å². The van der Waals surface area contributed by atoms with Gasteiger partial charge in [-0.15, -0.1) is 0 Å². The van der Waals surface area contributed by atoms with E-state index in [0.29, 0.717) is 5.78 Å². The molecule has 1 aliphatic carbocycles. The van der Waals surface area contributed by atoms with Crippen LogP contribution in [0.3, 0.4) is 0 Å². The molecule has 0 N–H and O–H groups in total. The Labute approximate surface area is 119 Å². The van der Waals surface area contributed by atoms with Gasteiger partial charge < -0.3 is 0 Å². The third-order valence-electron chi connectivity index (χ3n) is 4.16. The predicted octanol–water partition coefficient (Wildman–Crippen LogP) is 5.98. The fourth-order valence-electron chi connectivity index (χ4n) is 2.85. The molecular formula is C18H32O. The molecule has 0 heterocycles. The summed E-state index contributed by atoms with van der Waals surface area (Å²) in [5.41, 5.74) is 1.14. The Morgan fingerprint density at radius 3 is 2.37 bits per heavy atom. The average Bonchev–Trinajstić information content (AvgIpc) is 2.70. The maximum Gasteiger partial charge on any atom is 0.158 e. The van der Waals surface area contributed by atoms with Crippen LogP contribution in [0.5, 0.6) is 0 Å². The van der Waals surface area contributed by atoms with Crippen LogP contribution in [-0.4, -0.2) is 5.78 Å². The third kappa shape index (κ3) is 8.23. The molecule has 0 saturated heterocycles. The molecule has 0 radical (unpaired) electrons. The molecule has 0 fully saturated rings.